The quantitative estimate of drug-likeness (QED) is 0.737. The molecule has 0 saturated heterocycles. The zero-order valence-corrected chi connectivity index (χ0v) is 11.6. The molecule has 0 bridgehead atoms. The molecular weight excluding hydrogens is 272 g/mol. The van der Waals surface area contributed by atoms with Crippen LogP contribution in [0.2, 0.25) is 0 Å². The summed E-state index contributed by atoms with van der Waals surface area (Å²) in [6, 6.07) is 0. The molecule has 1 unspecified atom stereocenters. The van der Waals surface area contributed by atoms with Gasteiger partial charge in [-0.2, -0.15) is 5.10 Å². The molecule has 3 rings (SSSR count). The number of rotatable bonds is 2. The highest BCUT2D eigenvalue weighted by Crippen LogP contribution is 2.37. The third-order valence-electron chi connectivity index (χ3n) is 3.46. The molecule has 0 fully saturated rings. The van der Waals surface area contributed by atoms with Crippen molar-refractivity contribution in [3.8, 4) is 0 Å². The number of hydrogen-bond acceptors (Lipinski definition) is 5. The van der Waals surface area contributed by atoms with Gasteiger partial charge in [-0.1, -0.05) is 0 Å². The van der Waals surface area contributed by atoms with E-state index in [4.69, 9.17) is 0 Å². The second kappa shape index (κ2) is 4.97. The molecule has 1 aliphatic heterocycles. The predicted octanol–water partition coefficient (Wildman–Crippen LogP) is 0.342. The van der Waals surface area contributed by atoms with E-state index in [9.17, 15) is 9.59 Å². The summed E-state index contributed by atoms with van der Waals surface area (Å²) in [6.45, 7) is 1.79. The second-order valence-electron chi connectivity index (χ2n) is 4.81. The standard InChI is InChI=1S/C13H14N6O2/c1-6-15-4-7(5-16-6)8-3-9(20)17-12-10(8)11(18-19-12)13(21)14-2/h4-5,8H,3H2,1-2H3,(H,14,21)(H2,17,18,19,20). The number of carbonyl (C=O) groups is 2. The smallest absolute Gasteiger partial charge is 0.269 e. The van der Waals surface area contributed by atoms with Crippen molar-refractivity contribution < 1.29 is 9.59 Å². The van der Waals surface area contributed by atoms with Gasteiger partial charge in [0, 0.05) is 37.3 Å². The van der Waals surface area contributed by atoms with Gasteiger partial charge in [0.25, 0.3) is 5.91 Å². The number of nitrogens with zero attached hydrogens (tertiary/aromatic N) is 3. The van der Waals surface area contributed by atoms with E-state index in [-0.39, 0.29) is 24.2 Å². The highest BCUT2D eigenvalue weighted by molar-refractivity contribution is 6.00. The summed E-state index contributed by atoms with van der Waals surface area (Å²) in [5.41, 5.74) is 1.79. The summed E-state index contributed by atoms with van der Waals surface area (Å²) in [4.78, 5) is 32.1. The minimum absolute atomic E-state index is 0.150. The van der Waals surface area contributed by atoms with E-state index >= 15 is 0 Å². The predicted molar refractivity (Wildman–Crippen MR) is 73.8 cm³/mol. The normalized spacial score (nSPS) is 17.0. The number of hydrogen-bond donors (Lipinski definition) is 3. The zero-order valence-electron chi connectivity index (χ0n) is 11.6. The van der Waals surface area contributed by atoms with Gasteiger partial charge in [-0.25, -0.2) is 9.97 Å². The van der Waals surface area contributed by atoms with Crippen molar-refractivity contribution in [1.82, 2.24) is 25.5 Å². The number of amides is 2. The lowest BCUT2D eigenvalue weighted by Gasteiger charge is -2.22. The Bertz CT molecular complexity index is 706. The van der Waals surface area contributed by atoms with Crippen molar-refractivity contribution in [2.75, 3.05) is 12.4 Å². The lowest BCUT2D eigenvalue weighted by molar-refractivity contribution is -0.116. The molecule has 2 aromatic heterocycles. The van der Waals surface area contributed by atoms with Crippen molar-refractivity contribution >= 4 is 17.6 Å². The molecule has 0 aliphatic carbocycles. The van der Waals surface area contributed by atoms with Crippen LogP contribution < -0.4 is 10.6 Å². The van der Waals surface area contributed by atoms with E-state index in [1.807, 2.05) is 0 Å². The number of aromatic amines is 1. The van der Waals surface area contributed by atoms with Crippen LogP contribution in [0.15, 0.2) is 12.4 Å². The van der Waals surface area contributed by atoms with Gasteiger partial charge in [-0.05, 0) is 12.5 Å². The van der Waals surface area contributed by atoms with Crippen molar-refractivity contribution in [3.63, 3.8) is 0 Å². The van der Waals surface area contributed by atoms with Crippen LogP contribution in [0.25, 0.3) is 0 Å². The summed E-state index contributed by atoms with van der Waals surface area (Å²) in [5, 5.41) is 11.9. The third kappa shape index (κ3) is 2.24. The van der Waals surface area contributed by atoms with Crippen LogP contribution in [-0.4, -0.2) is 39.0 Å². The van der Waals surface area contributed by atoms with Crippen LogP contribution in [0.3, 0.4) is 0 Å². The van der Waals surface area contributed by atoms with Gasteiger partial charge < -0.3 is 10.6 Å². The van der Waals surface area contributed by atoms with E-state index < -0.39 is 0 Å². The Morgan fingerprint density at radius 1 is 1.38 bits per heavy atom. The number of aromatic nitrogens is 4. The van der Waals surface area contributed by atoms with Gasteiger partial charge >= 0.3 is 0 Å². The Morgan fingerprint density at radius 2 is 2.10 bits per heavy atom. The summed E-state index contributed by atoms with van der Waals surface area (Å²) in [7, 11) is 1.54. The number of aryl methyl sites for hydroxylation is 1. The van der Waals surface area contributed by atoms with E-state index in [1.54, 1.807) is 26.4 Å². The van der Waals surface area contributed by atoms with Gasteiger partial charge in [-0.15, -0.1) is 0 Å². The molecule has 1 atom stereocenters. The minimum atomic E-state index is -0.291. The SMILES string of the molecule is CNC(=O)c1[nH]nc2c1C(c1cnc(C)nc1)CC(=O)N2. The number of carbonyl (C=O) groups excluding carboxylic acids is 2. The highest BCUT2D eigenvalue weighted by Gasteiger charge is 2.33. The van der Waals surface area contributed by atoms with Crippen LogP contribution >= 0.6 is 0 Å². The number of anilines is 1. The second-order valence-corrected chi connectivity index (χ2v) is 4.81. The van der Waals surface area contributed by atoms with Crippen LogP contribution in [0.4, 0.5) is 5.82 Å². The fourth-order valence-electron chi connectivity index (χ4n) is 2.42. The average Bonchev–Trinajstić information content (AvgIpc) is 2.90. The van der Waals surface area contributed by atoms with Gasteiger partial charge in [-0.3, -0.25) is 14.7 Å². The van der Waals surface area contributed by atoms with E-state index in [1.165, 1.54) is 0 Å². The molecule has 0 spiro atoms. The topological polar surface area (TPSA) is 113 Å². The van der Waals surface area contributed by atoms with E-state index in [2.05, 4.69) is 30.8 Å². The fourth-order valence-corrected chi connectivity index (χ4v) is 2.42. The molecule has 3 N–H and O–H groups in total. The summed E-state index contributed by atoms with van der Waals surface area (Å²) in [6.07, 6.45) is 3.58. The first kappa shape index (κ1) is 13.2. The van der Waals surface area contributed by atoms with Gasteiger partial charge in [0.2, 0.25) is 5.91 Å². The molecule has 0 saturated carbocycles. The van der Waals surface area contributed by atoms with E-state index in [0.29, 0.717) is 22.9 Å². The molecule has 8 nitrogen and oxygen atoms in total. The number of H-pyrrole nitrogens is 1. The fraction of sp³-hybridized carbons (Fsp3) is 0.308. The molecule has 2 aromatic rings. The Labute approximate surface area is 120 Å². The summed E-state index contributed by atoms with van der Waals surface area (Å²) < 4.78 is 0. The maximum atomic E-state index is 11.9. The summed E-state index contributed by atoms with van der Waals surface area (Å²) >= 11 is 0. The van der Waals surface area contributed by atoms with Crippen LogP contribution in [0, 0.1) is 6.92 Å². The van der Waals surface area contributed by atoms with Crippen molar-refractivity contribution in [3.05, 3.63) is 35.0 Å². The van der Waals surface area contributed by atoms with Crippen molar-refractivity contribution in [1.29, 1.82) is 0 Å². The summed E-state index contributed by atoms with van der Waals surface area (Å²) in [5.74, 6) is 0.315. The molecule has 8 heteroatoms. The molecule has 3 heterocycles. The number of fused-ring (bicyclic) bond motifs is 1. The molecule has 108 valence electrons. The van der Waals surface area contributed by atoms with Gasteiger partial charge in [0.15, 0.2) is 5.82 Å². The molecule has 21 heavy (non-hydrogen) atoms. The molecule has 1 aliphatic rings. The Hall–Kier alpha value is -2.77. The Kier molecular flexibility index (Phi) is 3.13. The van der Waals surface area contributed by atoms with Crippen molar-refractivity contribution in [2.24, 2.45) is 0 Å². The van der Waals surface area contributed by atoms with Crippen LogP contribution in [-0.2, 0) is 4.79 Å². The zero-order chi connectivity index (χ0) is 15.0. The first-order valence-electron chi connectivity index (χ1n) is 6.49. The van der Waals surface area contributed by atoms with Crippen LogP contribution in [0.1, 0.15) is 39.8 Å². The maximum Gasteiger partial charge on any atom is 0.269 e. The molecule has 2 amide bonds. The van der Waals surface area contributed by atoms with Crippen molar-refractivity contribution in [2.45, 2.75) is 19.3 Å². The lowest BCUT2D eigenvalue weighted by atomic mass is 9.87. The molecule has 0 aromatic carbocycles. The Morgan fingerprint density at radius 3 is 2.76 bits per heavy atom. The third-order valence-corrected chi connectivity index (χ3v) is 3.46. The number of nitrogens with one attached hydrogen (secondary N) is 3. The monoisotopic (exact) mass is 286 g/mol. The average molecular weight is 286 g/mol. The first-order chi connectivity index (χ1) is 10.1. The van der Waals surface area contributed by atoms with Gasteiger partial charge in [0.1, 0.15) is 11.5 Å². The molecule has 0 radical (unpaired) electrons. The maximum absolute atomic E-state index is 11.9. The van der Waals surface area contributed by atoms with Crippen LogP contribution in [0.5, 0.6) is 0 Å². The largest absolute Gasteiger partial charge is 0.354 e. The highest BCUT2D eigenvalue weighted by atomic mass is 16.2. The van der Waals surface area contributed by atoms with Gasteiger partial charge in [0.05, 0.1) is 0 Å². The Balaban J connectivity index is 2.11. The molecular formula is C13H14N6O2. The first-order valence-corrected chi connectivity index (χ1v) is 6.49. The van der Waals surface area contributed by atoms with E-state index in [0.717, 1.165) is 5.56 Å². The minimum Gasteiger partial charge on any atom is -0.354 e. The lowest BCUT2D eigenvalue weighted by Crippen LogP contribution is -2.26.